The Morgan fingerprint density at radius 2 is 1.69 bits per heavy atom. The maximum Gasteiger partial charge on any atom is 0.573 e. The largest absolute Gasteiger partial charge is 0.573 e. The molecule has 39 heavy (non-hydrogen) atoms. The van der Waals surface area contributed by atoms with Gasteiger partial charge in [0.05, 0.1) is 36.5 Å². The van der Waals surface area contributed by atoms with Gasteiger partial charge in [0.25, 0.3) is 0 Å². The van der Waals surface area contributed by atoms with Crippen LogP contribution in [0.2, 0.25) is 0 Å². The molecule has 0 radical (unpaired) electrons. The Balaban J connectivity index is 0.00000353. The summed E-state index contributed by atoms with van der Waals surface area (Å²) in [7, 11) is 1.86. The van der Waals surface area contributed by atoms with E-state index in [0.717, 1.165) is 33.2 Å². The molecule has 198 valence electrons. The lowest BCUT2D eigenvalue weighted by atomic mass is 9.92. The molecule has 0 saturated carbocycles. The number of aromatic nitrogens is 2. The molecule has 0 spiro atoms. The molecule has 5 rings (SSSR count). The third kappa shape index (κ3) is 6.23. The van der Waals surface area contributed by atoms with Crippen LogP contribution < -0.4 is 4.74 Å². The lowest BCUT2D eigenvalue weighted by molar-refractivity contribution is -0.274. The second kappa shape index (κ2) is 11.6. The Morgan fingerprint density at radius 3 is 2.38 bits per heavy atom. The molecule has 9 heteroatoms. The summed E-state index contributed by atoms with van der Waals surface area (Å²) < 4.78 is 49.6. The summed E-state index contributed by atoms with van der Waals surface area (Å²) in [5.41, 5.74) is 4.53. The summed E-state index contributed by atoms with van der Waals surface area (Å²) in [6.07, 6.45) is -1.92. The van der Waals surface area contributed by atoms with Crippen LogP contribution >= 0.6 is 12.4 Å². The molecule has 1 atom stereocenters. The van der Waals surface area contributed by atoms with E-state index < -0.39 is 12.5 Å². The van der Waals surface area contributed by atoms with Crippen LogP contribution in [0.5, 0.6) is 5.75 Å². The van der Waals surface area contributed by atoms with Crippen LogP contribution in [0.1, 0.15) is 28.5 Å². The smallest absolute Gasteiger partial charge is 0.406 e. The maximum absolute atomic E-state index is 12.5. The van der Waals surface area contributed by atoms with Gasteiger partial charge in [-0.25, -0.2) is 4.98 Å². The van der Waals surface area contributed by atoms with E-state index in [1.165, 1.54) is 24.3 Å². The first-order valence-electron chi connectivity index (χ1n) is 11.8. The number of aryl methyl sites for hydroxylation is 1. The third-order valence-corrected chi connectivity index (χ3v) is 6.24. The second-order valence-corrected chi connectivity index (χ2v) is 8.76. The average molecular weight is 550 g/mol. The molecule has 1 aromatic heterocycles. The number of imidazole rings is 1. The molecule has 5 nitrogen and oxygen atoms in total. The van der Waals surface area contributed by atoms with Crippen molar-refractivity contribution in [1.82, 2.24) is 9.55 Å². The Bertz CT molecular complexity index is 1620. The molecule has 0 saturated heterocycles. The molecular formula is C30H23ClF3N3O2. The Hall–Kier alpha value is -4.32. The molecule has 1 heterocycles. The standard InChI is InChI=1S/C30H22F3N3O2.ClH/c1-36-19-35-17-28(36)29(37-18-20-9-13-24(14-10-20)38-30(31,32)33)22-11-12-23(16-34)27(15-22)26-8-4-6-21-5-2-3-7-25(21)26;/h2-15,17,19,29H,18H2,1H3;1H. The number of alkyl halides is 3. The summed E-state index contributed by atoms with van der Waals surface area (Å²) in [6, 6.07) is 27.4. The van der Waals surface area contributed by atoms with E-state index in [9.17, 15) is 18.4 Å². The van der Waals surface area contributed by atoms with E-state index in [0.29, 0.717) is 11.1 Å². The van der Waals surface area contributed by atoms with Crippen LogP contribution in [0.15, 0.2) is 97.5 Å². The molecule has 5 aromatic rings. The van der Waals surface area contributed by atoms with Crippen molar-refractivity contribution < 1.29 is 22.6 Å². The molecule has 0 aliphatic heterocycles. The van der Waals surface area contributed by atoms with Crippen LogP contribution in [0.25, 0.3) is 21.9 Å². The highest BCUT2D eigenvalue weighted by atomic mass is 35.5. The van der Waals surface area contributed by atoms with Gasteiger partial charge in [-0.3, -0.25) is 0 Å². The van der Waals surface area contributed by atoms with Crippen LogP contribution in [-0.4, -0.2) is 15.9 Å². The summed E-state index contributed by atoms with van der Waals surface area (Å²) in [4.78, 5) is 4.23. The zero-order valence-corrected chi connectivity index (χ0v) is 21.5. The average Bonchev–Trinajstić information content (AvgIpc) is 3.34. The van der Waals surface area contributed by atoms with Gasteiger partial charge in [0.15, 0.2) is 0 Å². The van der Waals surface area contributed by atoms with E-state index in [1.807, 2.05) is 66.2 Å². The molecule has 0 bridgehead atoms. The molecule has 0 aliphatic carbocycles. The predicted molar refractivity (Wildman–Crippen MR) is 144 cm³/mol. The molecule has 0 fully saturated rings. The van der Waals surface area contributed by atoms with Gasteiger partial charge in [0.2, 0.25) is 0 Å². The first kappa shape index (κ1) is 27.7. The first-order chi connectivity index (χ1) is 18.3. The van der Waals surface area contributed by atoms with Crippen molar-refractivity contribution in [1.29, 1.82) is 5.26 Å². The van der Waals surface area contributed by atoms with Crippen molar-refractivity contribution in [2.75, 3.05) is 0 Å². The van der Waals surface area contributed by atoms with Crippen molar-refractivity contribution in [2.24, 2.45) is 7.05 Å². The Morgan fingerprint density at radius 1 is 0.949 bits per heavy atom. The number of ether oxygens (including phenoxy) is 2. The minimum atomic E-state index is -4.75. The number of benzene rings is 4. The van der Waals surface area contributed by atoms with Crippen molar-refractivity contribution >= 4 is 23.2 Å². The van der Waals surface area contributed by atoms with Crippen LogP contribution in [0, 0.1) is 11.3 Å². The number of hydrogen-bond donors (Lipinski definition) is 0. The fourth-order valence-electron chi connectivity index (χ4n) is 4.44. The topological polar surface area (TPSA) is 60.1 Å². The van der Waals surface area contributed by atoms with Crippen molar-refractivity contribution in [3.05, 3.63) is 120 Å². The summed E-state index contributed by atoms with van der Waals surface area (Å²) in [5.74, 6) is -0.295. The molecule has 4 aromatic carbocycles. The fourth-order valence-corrected chi connectivity index (χ4v) is 4.44. The summed E-state index contributed by atoms with van der Waals surface area (Å²) in [6.45, 7) is 0.131. The van der Waals surface area contributed by atoms with Gasteiger partial charge in [-0.05, 0) is 51.7 Å². The quantitative estimate of drug-likeness (QED) is 0.208. The minimum Gasteiger partial charge on any atom is -0.406 e. The van der Waals surface area contributed by atoms with Crippen LogP contribution in [-0.2, 0) is 18.4 Å². The number of hydrogen-bond acceptors (Lipinski definition) is 4. The number of halogens is 4. The maximum atomic E-state index is 12.5. The molecular weight excluding hydrogens is 527 g/mol. The Labute approximate surface area is 229 Å². The molecule has 0 N–H and O–H groups in total. The molecule has 0 amide bonds. The van der Waals surface area contributed by atoms with Gasteiger partial charge >= 0.3 is 6.36 Å². The number of fused-ring (bicyclic) bond motifs is 1. The van der Waals surface area contributed by atoms with Gasteiger partial charge in [-0.15, -0.1) is 25.6 Å². The lowest BCUT2D eigenvalue weighted by Gasteiger charge is -2.21. The van der Waals surface area contributed by atoms with Gasteiger partial charge in [0.1, 0.15) is 11.9 Å². The lowest BCUT2D eigenvalue weighted by Crippen LogP contribution is -2.17. The number of nitriles is 1. The van der Waals surface area contributed by atoms with E-state index in [-0.39, 0.29) is 24.8 Å². The summed E-state index contributed by atoms with van der Waals surface area (Å²) in [5, 5.41) is 12.0. The van der Waals surface area contributed by atoms with Crippen molar-refractivity contribution in [2.45, 2.75) is 19.1 Å². The Kier molecular flexibility index (Phi) is 8.24. The minimum absolute atomic E-state index is 0. The first-order valence-corrected chi connectivity index (χ1v) is 11.8. The monoisotopic (exact) mass is 549 g/mol. The highest BCUT2D eigenvalue weighted by molar-refractivity contribution is 5.97. The van der Waals surface area contributed by atoms with Gasteiger partial charge in [0, 0.05) is 12.6 Å². The number of nitrogens with zero attached hydrogens (tertiary/aromatic N) is 3. The van der Waals surface area contributed by atoms with Gasteiger partial charge in [-0.1, -0.05) is 60.7 Å². The zero-order valence-electron chi connectivity index (χ0n) is 20.7. The summed E-state index contributed by atoms with van der Waals surface area (Å²) >= 11 is 0. The normalized spacial score (nSPS) is 12.0. The van der Waals surface area contributed by atoms with Gasteiger partial charge < -0.3 is 14.0 Å². The van der Waals surface area contributed by atoms with E-state index in [1.54, 1.807) is 18.6 Å². The van der Waals surface area contributed by atoms with E-state index in [2.05, 4.69) is 15.8 Å². The second-order valence-electron chi connectivity index (χ2n) is 8.76. The van der Waals surface area contributed by atoms with E-state index in [4.69, 9.17) is 4.74 Å². The molecule has 1 unspecified atom stereocenters. The molecule has 0 aliphatic rings. The van der Waals surface area contributed by atoms with Crippen molar-refractivity contribution in [3.8, 4) is 22.9 Å². The fraction of sp³-hybridized carbons (Fsp3) is 0.133. The van der Waals surface area contributed by atoms with Crippen LogP contribution in [0.4, 0.5) is 13.2 Å². The van der Waals surface area contributed by atoms with Crippen molar-refractivity contribution in [3.63, 3.8) is 0 Å². The third-order valence-electron chi connectivity index (χ3n) is 6.24. The predicted octanol–water partition coefficient (Wildman–Crippen LogP) is 7.74. The SMILES string of the molecule is Cl.Cn1cncc1C(OCc1ccc(OC(F)(F)F)cc1)c1ccc(C#N)c(-c2cccc3ccccc23)c1. The highest BCUT2D eigenvalue weighted by Crippen LogP contribution is 2.35. The number of rotatable bonds is 7. The van der Waals surface area contributed by atoms with Gasteiger partial charge in [-0.2, -0.15) is 5.26 Å². The van der Waals surface area contributed by atoms with Crippen LogP contribution in [0.3, 0.4) is 0 Å². The van der Waals surface area contributed by atoms with E-state index >= 15 is 0 Å². The zero-order chi connectivity index (χ0) is 26.7. The highest BCUT2D eigenvalue weighted by Gasteiger charge is 2.31.